The number of amides is 1. The zero-order chi connectivity index (χ0) is 17.9. The van der Waals surface area contributed by atoms with Crippen LogP contribution < -0.4 is 10.6 Å². The number of rotatable bonds is 6. The molecule has 1 saturated heterocycles. The molecule has 4 nitrogen and oxygen atoms in total. The second-order valence-electron chi connectivity index (χ2n) is 6.36. The van der Waals surface area contributed by atoms with Crippen molar-refractivity contribution in [2.24, 2.45) is 5.92 Å². The van der Waals surface area contributed by atoms with Crippen LogP contribution in [0.1, 0.15) is 16.1 Å². The van der Waals surface area contributed by atoms with Crippen LogP contribution in [0.4, 0.5) is 4.39 Å². The van der Waals surface area contributed by atoms with Gasteiger partial charge in [0.15, 0.2) is 5.76 Å². The number of thioether (sulfide) groups is 1. The van der Waals surface area contributed by atoms with Crippen LogP contribution in [0, 0.1) is 11.7 Å². The fourth-order valence-electron chi connectivity index (χ4n) is 2.95. The number of carbonyl (C=O) groups excluding carboxylic acids is 1. The van der Waals surface area contributed by atoms with Crippen LogP contribution in [0.3, 0.4) is 0 Å². The van der Waals surface area contributed by atoms with Gasteiger partial charge in [0.05, 0.1) is 0 Å². The number of halogens is 2. The smallest absolute Gasteiger partial charge is 0.287 e. The molecule has 0 spiro atoms. The second kappa shape index (κ2) is 8.78. The summed E-state index contributed by atoms with van der Waals surface area (Å²) in [5.74, 6) is 0.791. The van der Waals surface area contributed by atoms with Crippen molar-refractivity contribution in [2.75, 3.05) is 19.6 Å². The predicted octanol–water partition coefficient (Wildman–Crippen LogP) is 4.24. The van der Waals surface area contributed by atoms with E-state index in [9.17, 15) is 9.18 Å². The third kappa shape index (κ3) is 4.29. The van der Waals surface area contributed by atoms with E-state index in [1.54, 1.807) is 18.2 Å². The average molecular weight is 407 g/mol. The first kappa shape index (κ1) is 19.7. The standard InChI is InChI=1S/C20H19FN2O2S.ClH/c21-16-6-2-4-8-18(16)26-12-15-14-5-1-3-7-17(14)25-19(15)20(24)23-11-13-9-22-10-13;/h1-8,13,22H,9-12H2,(H,23,24);1H. The molecular formula is C20H20ClFN2O2S. The number of fused-ring (bicyclic) bond motifs is 1. The zero-order valence-corrected chi connectivity index (χ0v) is 16.2. The molecule has 0 bridgehead atoms. The molecule has 2 aromatic carbocycles. The van der Waals surface area contributed by atoms with E-state index in [1.807, 2.05) is 24.3 Å². The lowest BCUT2D eigenvalue weighted by Gasteiger charge is -2.26. The quantitative estimate of drug-likeness (QED) is 0.601. The van der Waals surface area contributed by atoms with E-state index < -0.39 is 0 Å². The van der Waals surface area contributed by atoms with Gasteiger partial charge >= 0.3 is 0 Å². The Hall–Kier alpha value is -2.02. The Morgan fingerprint density at radius 2 is 1.93 bits per heavy atom. The van der Waals surface area contributed by atoms with E-state index in [-0.39, 0.29) is 24.1 Å². The molecule has 0 atom stereocenters. The molecular weight excluding hydrogens is 387 g/mol. The fourth-order valence-corrected chi connectivity index (χ4v) is 3.91. The first-order valence-electron chi connectivity index (χ1n) is 8.59. The molecule has 0 unspecified atom stereocenters. The van der Waals surface area contributed by atoms with Crippen molar-refractivity contribution < 1.29 is 13.6 Å². The highest BCUT2D eigenvalue weighted by Gasteiger charge is 2.23. The SMILES string of the molecule is Cl.O=C(NCC1CNC1)c1oc2ccccc2c1CSc1ccccc1F. The van der Waals surface area contributed by atoms with E-state index >= 15 is 0 Å². The van der Waals surface area contributed by atoms with Gasteiger partial charge in [0, 0.05) is 47.2 Å². The summed E-state index contributed by atoms with van der Waals surface area (Å²) in [5.41, 5.74) is 1.48. The summed E-state index contributed by atoms with van der Waals surface area (Å²) >= 11 is 1.37. The van der Waals surface area contributed by atoms with Crippen molar-refractivity contribution in [3.8, 4) is 0 Å². The minimum Gasteiger partial charge on any atom is -0.451 e. The maximum absolute atomic E-state index is 13.9. The number of para-hydroxylation sites is 1. The molecule has 2 N–H and O–H groups in total. The number of carbonyl (C=O) groups is 1. The van der Waals surface area contributed by atoms with Gasteiger partial charge in [-0.25, -0.2) is 4.39 Å². The number of hydrogen-bond donors (Lipinski definition) is 2. The molecule has 1 aliphatic rings. The maximum atomic E-state index is 13.9. The molecule has 0 aliphatic carbocycles. The molecule has 1 amide bonds. The van der Waals surface area contributed by atoms with Crippen molar-refractivity contribution in [2.45, 2.75) is 10.6 Å². The fraction of sp³-hybridized carbons (Fsp3) is 0.250. The van der Waals surface area contributed by atoms with Crippen LogP contribution in [0.15, 0.2) is 57.8 Å². The monoisotopic (exact) mass is 406 g/mol. The predicted molar refractivity (Wildman–Crippen MR) is 108 cm³/mol. The third-order valence-corrected chi connectivity index (χ3v) is 5.61. The number of hydrogen-bond acceptors (Lipinski definition) is 4. The number of nitrogens with one attached hydrogen (secondary N) is 2. The largest absolute Gasteiger partial charge is 0.451 e. The lowest BCUT2D eigenvalue weighted by Crippen LogP contribution is -2.48. The minimum atomic E-state index is -0.256. The minimum absolute atomic E-state index is 0. The summed E-state index contributed by atoms with van der Waals surface area (Å²) in [5, 5.41) is 7.04. The summed E-state index contributed by atoms with van der Waals surface area (Å²) in [6.07, 6.45) is 0. The van der Waals surface area contributed by atoms with Crippen molar-refractivity contribution in [1.82, 2.24) is 10.6 Å². The van der Waals surface area contributed by atoms with Gasteiger partial charge in [-0.2, -0.15) is 0 Å². The van der Waals surface area contributed by atoms with Crippen LogP contribution in [-0.2, 0) is 5.75 Å². The average Bonchev–Trinajstić information content (AvgIpc) is 2.98. The summed E-state index contributed by atoms with van der Waals surface area (Å²) in [6.45, 7) is 2.48. The molecule has 4 rings (SSSR count). The highest BCUT2D eigenvalue weighted by molar-refractivity contribution is 7.98. The molecule has 27 heavy (non-hydrogen) atoms. The van der Waals surface area contributed by atoms with Gasteiger partial charge in [-0.3, -0.25) is 4.79 Å². The zero-order valence-electron chi connectivity index (χ0n) is 14.5. The topological polar surface area (TPSA) is 54.3 Å². The van der Waals surface area contributed by atoms with Crippen molar-refractivity contribution >= 4 is 41.0 Å². The molecule has 3 aromatic rings. The van der Waals surface area contributed by atoms with Crippen molar-refractivity contribution in [1.29, 1.82) is 0 Å². The lowest BCUT2D eigenvalue weighted by molar-refractivity contribution is 0.0915. The van der Waals surface area contributed by atoms with Crippen molar-refractivity contribution in [3.63, 3.8) is 0 Å². The molecule has 0 radical (unpaired) electrons. The number of benzene rings is 2. The Morgan fingerprint density at radius 3 is 2.67 bits per heavy atom. The molecule has 2 heterocycles. The van der Waals surface area contributed by atoms with Gasteiger partial charge in [0.2, 0.25) is 0 Å². The molecule has 142 valence electrons. The molecule has 1 fully saturated rings. The van der Waals surface area contributed by atoms with Crippen LogP contribution in [0.5, 0.6) is 0 Å². The maximum Gasteiger partial charge on any atom is 0.287 e. The highest BCUT2D eigenvalue weighted by atomic mass is 35.5. The normalized spacial score (nSPS) is 13.8. The number of furan rings is 1. The van der Waals surface area contributed by atoms with E-state index in [2.05, 4.69) is 10.6 Å². The summed E-state index contributed by atoms with van der Waals surface area (Å²) in [6, 6.07) is 14.2. The first-order valence-corrected chi connectivity index (χ1v) is 9.57. The Balaban J connectivity index is 0.00000210. The summed E-state index contributed by atoms with van der Waals surface area (Å²) in [7, 11) is 0. The lowest BCUT2D eigenvalue weighted by atomic mass is 10.0. The molecule has 0 saturated carbocycles. The Kier molecular flexibility index (Phi) is 6.42. The van der Waals surface area contributed by atoms with E-state index in [4.69, 9.17) is 4.42 Å². The first-order chi connectivity index (χ1) is 12.7. The van der Waals surface area contributed by atoms with Gasteiger partial charge in [-0.15, -0.1) is 24.2 Å². The van der Waals surface area contributed by atoms with E-state index in [0.717, 1.165) is 24.0 Å². The van der Waals surface area contributed by atoms with Gasteiger partial charge in [-0.05, 0) is 18.2 Å². The molecule has 1 aromatic heterocycles. The third-order valence-electron chi connectivity index (χ3n) is 4.53. The van der Waals surface area contributed by atoms with Gasteiger partial charge in [0.1, 0.15) is 11.4 Å². The van der Waals surface area contributed by atoms with E-state index in [0.29, 0.717) is 34.5 Å². The van der Waals surface area contributed by atoms with Crippen LogP contribution in [0.25, 0.3) is 11.0 Å². The Bertz CT molecular complexity index is 943. The van der Waals surface area contributed by atoms with Gasteiger partial charge < -0.3 is 15.1 Å². The second-order valence-corrected chi connectivity index (χ2v) is 7.38. The molecule has 1 aliphatic heterocycles. The summed E-state index contributed by atoms with van der Waals surface area (Å²) in [4.78, 5) is 13.2. The van der Waals surface area contributed by atoms with Gasteiger partial charge in [0.25, 0.3) is 5.91 Å². The highest BCUT2D eigenvalue weighted by Crippen LogP contribution is 2.33. The summed E-state index contributed by atoms with van der Waals surface area (Å²) < 4.78 is 19.7. The Labute approximate surface area is 167 Å². The van der Waals surface area contributed by atoms with Gasteiger partial charge in [-0.1, -0.05) is 30.3 Å². The van der Waals surface area contributed by atoms with Crippen LogP contribution in [-0.4, -0.2) is 25.5 Å². The van der Waals surface area contributed by atoms with Crippen LogP contribution >= 0.6 is 24.2 Å². The van der Waals surface area contributed by atoms with Crippen molar-refractivity contribution in [3.05, 3.63) is 65.7 Å². The van der Waals surface area contributed by atoms with Crippen LogP contribution in [0.2, 0.25) is 0 Å². The molecule has 7 heteroatoms. The Morgan fingerprint density at radius 1 is 1.19 bits per heavy atom. The van der Waals surface area contributed by atoms with E-state index in [1.165, 1.54) is 17.8 Å².